The summed E-state index contributed by atoms with van der Waals surface area (Å²) in [5, 5.41) is 13.8. The van der Waals surface area contributed by atoms with E-state index in [0.29, 0.717) is 23.3 Å². The minimum Gasteiger partial charge on any atom is -0.507 e. The molecule has 1 heterocycles. The van der Waals surface area contributed by atoms with Crippen LogP contribution < -0.4 is 10.1 Å². The van der Waals surface area contributed by atoms with Crippen LogP contribution in [-0.4, -0.2) is 30.2 Å². The van der Waals surface area contributed by atoms with Gasteiger partial charge in [-0.25, -0.2) is 4.79 Å². The first-order chi connectivity index (χ1) is 14.6. The molecule has 0 aromatic heterocycles. The lowest BCUT2D eigenvalue weighted by Gasteiger charge is -2.30. The molecule has 2 atom stereocenters. The Hall–Kier alpha value is -3.80. The monoisotopic (exact) mass is 401 g/mol. The van der Waals surface area contributed by atoms with E-state index in [1.54, 1.807) is 12.1 Å². The van der Waals surface area contributed by atoms with Crippen molar-refractivity contribution in [1.82, 2.24) is 0 Å². The van der Waals surface area contributed by atoms with E-state index in [2.05, 4.69) is 5.32 Å². The first-order valence-corrected chi connectivity index (χ1v) is 9.62. The molecular weight excluding hydrogens is 382 g/mol. The van der Waals surface area contributed by atoms with Gasteiger partial charge in [-0.1, -0.05) is 42.5 Å². The molecule has 0 amide bonds. The van der Waals surface area contributed by atoms with E-state index < -0.39 is 17.6 Å². The van der Waals surface area contributed by atoms with Crippen LogP contribution in [0.5, 0.6) is 11.5 Å². The number of carbonyl (C=O) groups is 2. The molecule has 0 bridgehead atoms. The number of phenols is 1. The lowest BCUT2D eigenvalue weighted by molar-refractivity contribution is 0.0594. The summed E-state index contributed by atoms with van der Waals surface area (Å²) >= 11 is 0. The zero-order valence-electron chi connectivity index (χ0n) is 16.2. The number of anilines is 1. The van der Waals surface area contributed by atoms with E-state index in [1.807, 2.05) is 48.5 Å². The van der Waals surface area contributed by atoms with Crippen LogP contribution in [0.2, 0.25) is 0 Å². The van der Waals surface area contributed by atoms with E-state index in [-0.39, 0.29) is 17.1 Å². The number of hydrogen-bond donors (Lipinski definition) is 2. The summed E-state index contributed by atoms with van der Waals surface area (Å²) in [4.78, 5) is 26.4. The average Bonchev–Trinajstić information content (AvgIpc) is 3.24. The first-order valence-electron chi connectivity index (χ1n) is 9.62. The second kappa shape index (κ2) is 6.62. The standard InChI is InChI=1S/C24H19NO5/c1-29-22(28)19-17(26)11-12-18-20(19)24(13-14-7-5-6-10-16(14)21(24)27)23(30-18)25-15-8-3-2-4-9-15/h2-12,23,25-26H,13H2,1H3. The smallest absolute Gasteiger partial charge is 0.342 e. The summed E-state index contributed by atoms with van der Waals surface area (Å²) in [6.45, 7) is 0. The van der Waals surface area contributed by atoms with Gasteiger partial charge in [0.15, 0.2) is 12.0 Å². The van der Waals surface area contributed by atoms with Crippen LogP contribution in [0, 0.1) is 0 Å². The van der Waals surface area contributed by atoms with Crippen molar-refractivity contribution in [1.29, 1.82) is 0 Å². The van der Waals surface area contributed by atoms with Crippen LogP contribution in [0.1, 0.15) is 31.8 Å². The minimum atomic E-state index is -1.21. The van der Waals surface area contributed by atoms with Crippen LogP contribution in [0.15, 0.2) is 66.7 Å². The van der Waals surface area contributed by atoms with E-state index in [1.165, 1.54) is 13.2 Å². The number of nitrogens with one attached hydrogen (secondary N) is 1. The molecule has 3 aromatic carbocycles. The van der Waals surface area contributed by atoms with Crippen molar-refractivity contribution < 1.29 is 24.2 Å². The summed E-state index contributed by atoms with van der Waals surface area (Å²) in [6.07, 6.45) is -0.424. The summed E-state index contributed by atoms with van der Waals surface area (Å²) in [5.74, 6) is -0.729. The van der Waals surface area contributed by atoms with E-state index in [4.69, 9.17) is 9.47 Å². The number of para-hydroxylation sites is 1. The van der Waals surface area contributed by atoms with Gasteiger partial charge in [-0.2, -0.15) is 0 Å². The Morgan fingerprint density at radius 1 is 1.10 bits per heavy atom. The van der Waals surface area contributed by atoms with E-state index >= 15 is 0 Å². The third-order valence-corrected chi connectivity index (χ3v) is 5.88. The van der Waals surface area contributed by atoms with E-state index in [9.17, 15) is 14.7 Å². The lowest BCUT2D eigenvalue weighted by atomic mass is 9.74. The number of aromatic hydroxyl groups is 1. The Bertz CT molecular complexity index is 1170. The van der Waals surface area contributed by atoms with Gasteiger partial charge in [-0.05, 0) is 36.2 Å². The largest absolute Gasteiger partial charge is 0.507 e. The number of benzene rings is 3. The molecule has 2 unspecified atom stereocenters. The van der Waals surface area contributed by atoms with Crippen LogP contribution in [0.3, 0.4) is 0 Å². The molecular formula is C24H19NO5. The molecule has 1 aliphatic heterocycles. The molecule has 2 N–H and O–H groups in total. The molecule has 150 valence electrons. The van der Waals surface area contributed by atoms with Crippen molar-refractivity contribution in [3.63, 3.8) is 0 Å². The number of hydrogen-bond acceptors (Lipinski definition) is 6. The highest BCUT2D eigenvalue weighted by molar-refractivity contribution is 6.12. The van der Waals surface area contributed by atoms with Gasteiger partial charge in [0.1, 0.15) is 22.5 Å². The van der Waals surface area contributed by atoms with Gasteiger partial charge in [0.05, 0.1) is 7.11 Å². The highest BCUT2D eigenvalue weighted by atomic mass is 16.5. The maximum absolute atomic E-state index is 13.8. The quantitative estimate of drug-likeness (QED) is 0.651. The number of fused-ring (bicyclic) bond motifs is 3. The Morgan fingerprint density at radius 2 is 1.83 bits per heavy atom. The zero-order chi connectivity index (χ0) is 20.9. The fourth-order valence-corrected chi connectivity index (χ4v) is 4.55. The second-order valence-corrected chi connectivity index (χ2v) is 7.47. The Kier molecular flexibility index (Phi) is 4.03. The van der Waals surface area contributed by atoms with Crippen molar-refractivity contribution in [2.24, 2.45) is 0 Å². The molecule has 6 nitrogen and oxygen atoms in total. The van der Waals surface area contributed by atoms with Gasteiger partial charge in [0.2, 0.25) is 0 Å². The average molecular weight is 401 g/mol. The summed E-state index contributed by atoms with van der Waals surface area (Å²) in [7, 11) is 1.24. The van der Waals surface area contributed by atoms with Crippen LogP contribution in [0.25, 0.3) is 0 Å². The molecule has 0 fully saturated rings. The number of methoxy groups -OCH3 is 1. The van der Waals surface area contributed by atoms with Gasteiger partial charge in [-0.3, -0.25) is 4.79 Å². The van der Waals surface area contributed by atoms with Crippen LogP contribution in [0.4, 0.5) is 5.69 Å². The van der Waals surface area contributed by atoms with Gasteiger partial charge in [-0.15, -0.1) is 0 Å². The second-order valence-electron chi connectivity index (χ2n) is 7.47. The van der Waals surface area contributed by atoms with Gasteiger partial charge < -0.3 is 19.9 Å². The number of carbonyl (C=O) groups excluding carboxylic acids is 2. The van der Waals surface area contributed by atoms with Crippen molar-refractivity contribution in [2.75, 3.05) is 12.4 Å². The molecule has 6 heteroatoms. The molecule has 1 aliphatic carbocycles. The van der Waals surface area contributed by atoms with Crippen molar-refractivity contribution in [3.05, 3.63) is 89.0 Å². The van der Waals surface area contributed by atoms with Crippen molar-refractivity contribution in [2.45, 2.75) is 18.1 Å². The fraction of sp³-hybridized carbons (Fsp3) is 0.167. The number of ketones is 1. The molecule has 3 aromatic rings. The van der Waals surface area contributed by atoms with Gasteiger partial charge in [0.25, 0.3) is 0 Å². The fourth-order valence-electron chi connectivity index (χ4n) is 4.55. The molecule has 0 saturated heterocycles. The van der Waals surface area contributed by atoms with E-state index in [0.717, 1.165) is 11.3 Å². The third kappa shape index (κ3) is 2.43. The molecule has 0 radical (unpaired) electrons. The number of ether oxygens (including phenoxy) is 2. The maximum atomic E-state index is 13.8. The molecule has 2 aliphatic rings. The Labute approximate surface area is 173 Å². The highest BCUT2D eigenvalue weighted by Gasteiger charge is 2.60. The van der Waals surface area contributed by atoms with Crippen molar-refractivity contribution in [3.8, 4) is 11.5 Å². The number of Topliss-reactive ketones (excluding diaryl/α,β-unsaturated/α-hetero) is 1. The summed E-state index contributed by atoms with van der Waals surface area (Å²) in [5.41, 5.74) is 1.36. The zero-order valence-corrected chi connectivity index (χ0v) is 16.2. The summed E-state index contributed by atoms with van der Waals surface area (Å²) < 4.78 is 11.1. The van der Waals surface area contributed by atoms with Crippen LogP contribution >= 0.6 is 0 Å². The lowest BCUT2D eigenvalue weighted by Crippen LogP contribution is -2.48. The number of rotatable bonds is 3. The molecule has 30 heavy (non-hydrogen) atoms. The Balaban J connectivity index is 1.74. The van der Waals surface area contributed by atoms with Crippen LogP contribution in [-0.2, 0) is 16.6 Å². The number of esters is 1. The SMILES string of the molecule is COC(=O)c1c(O)ccc2c1C1(Cc3ccccc3C1=O)C(Nc1ccccc1)O2. The highest BCUT2D eigenvalue weighted by Crippen LogP contribution is 2.54. The number of phenolic OH excluding ortho intramolecular Hbond substituents is 1. The van der Waals surface area contributed by atoms with Crippen molar-refractivity contribution >= 4 is 17.4 Å². The predicted molar refractivity (Wildman–Crippen MR) is 110 cm³/mol. The molecule has 0 saturated carbocycles. The molecule has 1 spiro atoms. The van der Waals surface area contributed by atoms with Gasteiger partial charge >= 0.3 is 5.97 Å². The minimum absolute atomic E-state index is 0.0338. The Morgan fingerprint density at radius 3 is 2.57 bits per heavy atom. The predicted octanol–water partition coefficient (Wildman–Crippen LogP) is 3.69. The first kappa shape index (κ1) is 18.2. The third-order valence-electron chi connectivity index (χ3n) is 5.88. The normalized spacial score (nSPS) is 21.1. The maximum Gasteiger partial charge on any atom is 0.342 e. The molecule has 5 rings (SSSR count). The summed E-state index contributed by atoms with van der Waals surface area (Å²) in [6, 6.07) is 19.8. The topological polar surface area (TPSA) is 84.9 Å². The van der Waals surface area contributed by atoms with Gasteiger partial charge in [0, 0.05) is 16.8 Å².